The molecule has 6 nitrogen and oxygen atoms in total. The van der Waals surface area contributed by atoms with Crippen LogP contribution in [-0.4, -0.2) is 61.1 Å². The Morgan fingerprint density at radius 3 is 2.48 bits per heavy atom. The van der Waals surface area contributed by atoms with Crippen molar-refractivity contribution in [3.8, 4) is 0 Å². The van der Waals surface area contributed by atoms with Gasteiger partial charge >= 0.3 is 12.0 Å². The predicted molar refractivity (Wildman–Crippen MR) is 83.2 cm³/mol. The van der Waals surface area contributed by atoms with E-state index < -0.39 is 5.97 Å². The van der Waals surface area contributed by atoms with Crippen LogP contribution in [0, 0.1) is 0 Å². The zero-order chi connectivity index (χ0) is 16.0. The molecule has 0 fully saturated rings. The highest BCUT2D eigenvalue weighted by atomic mass is 35.5. The predicted octanol–water partition coefficient (Wildman–Crippen LogP) is 2.45. The number of rotatable bonds is 6. The molecule has 0 aliphatic heterocycles. The minimum Gasteiger partial charge on any atom is -0.478 e. The summed E-state index contributed by atoms with van der Waals surface area (Å²) in [5.74, 6) is -1.14. The average molecular weight is 314 g/mol. The Bertz CT molecular complexity index is 520. The van der Waals surface area contributed by atoms with Crippen LogP contribution in [0.2, 0.25) is 5.02 Å². The molecule has 0 atom stereocenters. The van der Waals surface area contributed by atoms with Crippen LogP contribution in [0.1, 0.15) is 16.8 Å². The number of carbonyl (C=O) groups excluding carboxylic acids is 1. The molecule has 0 saturated heterocycles. The zero-order valence-electron chi connectivity index (χ0n) is 12.4. The van der Waals surface area contributed by atoms with Gasteiger partial charge in [0.25, 0.3) is 0 Å². The molecule has 0 aliphatic carbocycles. The fourth-order valence-electron chi connectivity index (χ4n) is 1.74. The lowest BCUT2D eigenvalue weighted by atomic mass is 10.2. The molecule has 0 aromatic heterocycles. The number of aromatic carboxylic acids is 1. The third-order valence-electron chi connectivity index (χ3n) is 2.90. The van der Waals surface area contributed by atoms with E-state index in [2.05, 4.69) is 5.32 Å². The second-order valence-corrected chi connectivity index (χ2v) is 5.44. The van der Waals surface area contributed by atoms with Crippen LogP contribution in [0.5, 0.6) is 0 Å². The van der Waals surface area contributed by atoms with Gasteiger partial charge in [-0.05, 0) is 45.3 Å². The molecule has 1 rings (SSSR count). The first-order valence-electron chi connectivity index (χ1n) is 6.51. The Morgan fingerprint density at radius 1 is 1.24 bits per heavy atom. The van der Waals surface area contributed by atoms with Gasteiger partial charge in [-0.1, -0.05) is 11.6 Å². The van der Waals surface area contributed by atoms with E-state index in [-0.39, 0.29) is 17.3 Å². The summed E-state index contributed by atoms with van der Waals surface area (Å²) in [5, 5.41) is 12.0. The molecule has 0 saturated carbocycles. The molecule has 116 valence electrons. The van der Waals surface area contributed by atoms with E-state index in [1.54, 1.807) is 7.05 Å². The summed E-state index contributed by atoms with van der Waals surface area (Å²) in [6.07, 6.45) is 0.837. The van der Waals surface area contributed by atoms with Crippen molar-refractivity contribution in [2.75, 3.05) is 39.5 Å². The number of nitrogens with zero attached hydrogens (tertiary/aromatic N) is 2. The van der Waals surface area contributed by atoms with Crippen molar-refractivity contribution in [2.24, 2.45) is 0 Å². The number of hydrogen-bond donors (Lipinski definition) is 2. The van der Waals surface area contributed by atoms with Crippen LogP contribution >= 0.6 is 11.6 Å². The number of anilines is 1. The fraction of sp³-hybridized carbons (Fsp3) is 0.429. The Morgan fingerprint density at radius 2 is 1.90 bits per heavy atom. The molecule has 0 aliphatic rings. The molecule has 21 heavy (non-hydrogen) atoms. The summed E-state index contributed by atoms with van der Waals surface area (Å²) >= 11 is 5.77. The minimum absolute atomic E-state index is 0.0301. The van der Waals surface area contributed by atoms with Gasteiger partial charge in [0, 0.05) is 18.6 Å². The lowest BCUT2D eigenvalue weighted by molar-refractivity contribution is 0.0698. The van der Waals surface area contributed by atoms with E-state index in [0.29, 0.717) is 11.6 Å². The minimum atomic E-state index is -1.14. The van der Waals surface area contributed by atoms with E-state index in [0.717, 1.165) is 13.0 Å². The van der Waals surface area contributed by atoms with E-state index >= 15 is 0 Å². The summed E-state index contributed by atoms with van der Waals surface area (Å²) < 4.78 is 0. The first kappa shape index (κ1) is 17.3. The number of carboxylic acid groups (broad SMARTS) is 1. The molecule has 0 bridgehead atoms. The Labute approximate surface area is 129 Å². The molecule has 1 aromatic rings. The maximum atomic E-state index is 12.0. The van der Waals surface area contributed by atoms with E-state index in [9.17, 15) is 9.59 Å². The lowest BCUT2D eigenvalue weighted by Gasteiger charge is -2.19. The summed E-state index contributed by atoms with van der Waals surface area (Å²) in [6.45, 7) is 1.46. The van der Waals surface area contributed by atoms with Crippen LogP contribution in [0.25, 0.3) is 0 Å². The van der Waals surface area contributed by atoms with Gasteiger partial charge in [-0.3, -0.25) is 0 Å². The molecule has 7 heteroatoms. The van der Waals surface area contributed by atoms with Gasteiger partial charge in [-0.2, -0.15) is 0 Å². The van der Waals surface area contributed by atoms with Gasteiger partial charge < -0.3 is 20.2 Å². The molecular formula is C14H20ClN3O3. The highest BCUT2D eigenvalue weighted by Crippen LogP contribution is 2.21. The van der Waals surface area contributed by atoms with Crippen LogP contribution in [0.3, 0.4) is 0 Å². The number of amides is 2. The van der Waals surface area contributed by atoms with Crippen molar-refractivity contribution in [1.82, 2.24) is 9.80 Å². The topological polar surface area (TPSA) is 72.9 Å². The number of benzene rings is 1. The second kappa shape index (κ2) is 7.85. The highest BCUT2D eigenvalue weighted by molar-refractivity contribution is 6.31. The van der Waals surface area contributed by atoms with Gasteiger partial charge in [0.1, 0.15) is 0 Å². The van der Waals surface area contributed by atoms with Gasteiger partial charge in [-0.25, -0.2) is 9.59 Å². The zero-order valence-corrected chi connectivity index (χ0v) is 13.1. The Hall–Kier alpha value is -1.79. The maximum Gasteiger partial charge on any atom is 0.337 e. The first-order valence-corrected chi connectivity index (χ1v) is 6.88. The van der Waals surface area contributed by atoms with Gasteiger partial charge in [0.2, 0.25) is 0 Å². The van der Waals surface area contributed by atoms with E-state index in [4.69, 9.17) is 16.7 Å². The third-order valence-corrected chi connectivity index (χ3v) is 3.13. The van der Waals surface area contributed by atoms with Crippen molar-refractivity contribution in [3.05, 3.63) is 28.8 Å². The molecule has 0 radical (unpaired) electrons. The smallest absolute Gasteiger partial charge is 0.337 e. The van der Waals surface area contributed by atoms with E-state index in [1.807, 2.05) is 19.0 Å². The molecular weight excluding hydrogens is 294 g/mol. The lowest BCUT2D eigenvalue weighted by Crippen LogP contribution is -2.33. The quantitative estimate of drug-likeness (QED) is 0.846. The van der Waals surface area contributed by atoms with Crippen molar-refractivity contribution in [1.29, 1.82) is 0 Å². The number of halogens is 1. The number of hydrogen-bond acceptors (Lipinski definition) is 3. The van der Waals surface area contributed by atoms with Gasteiger partial charge in [-0.15, -0.1) is 0 Å². The van der Waals surface area contributed by atoms with Crippen molar-refractivity contribution in [3.63, 3.8) is 0 Å². The Kier molecular flexibility index (Phi) is 6.45. The van der Waals surface area contributed by atoms with Gasteiger partial charge in [0.15, 0.2) is 0 Å². The SMILES string of the molecule is CN(C)CCCN(C)C(=O)Nc1ccc(Cl)cc1C(=O)O. The van der Waals surface area contributed by atoms with E-state index in [1.165, 1.54) is 23.1 Å². The fourth-order valence-corrected chi connectivity index (χ4v) is 1.91. The molecule has 2 amide bonds. The normalized spacial score (nSPS) is 10.5. The largest absolute Gasteiger partial charge is 0.478 e. The molecule has 0 heterocycles. The molecule has 2 N–H and O–H groups in total. The van der Waals surface area contributed by atoms with Crippen LogP contribution < -0.4 is 5.32 Å². The summed E-state index contributed by atoms with van der Waals surface area (Å²) in [7, 11) is 5.60. The summed E-state index contributed by atoms with van der Waals surface area (Å²) in [4.78, 5) is 26.7. The monoisotopic (exact) mass is 313 g/mol. The van der Waals surface area contributed by atoms with Crippen LogP contribution in [0.15, 0.2) is 18.2 Å². The molecule has 0 spiro atoms. The van der Waals surface area contributed by atoms with Crippen LogP contribution in [0.4, 0.5) is 10.5 Å². The number of nitrogens with one attached hydrogen (secondary N) is 1. The third kappa shape index (κ3) is 5.61. The van der Waals surface area contributed by atoms with Crippen molar-refractivity contribution >= 4 is 29.3 Å². The van der Waals surface area contributed by atoms with Gasteiger partial charge in [0.05, 0.1) is 11.3 Å². The number of urea groups is 1. The van der Waals surface area contributed by atoms with Crippen molar-refractivity contribution < 1.29 is 14.7 Å². The molecule has 0 unspecified atom stereocenters. The highest BCUT2D eigenvalue weighted by Gasteiger charge is 2.15. The molecule has 1 aromatic carbocycles. The first-order chi connectivity index (χ1) is 9.81. The van der Waals surface area contributed by atoms with Crippen LogP contribution in [-0.2, 0) is 0 Å². The summed E-state index contributed by atoms with van der Waals surface area (Å²) in [6, 6.07) is 3.98. The second-order valence-electron chi connectivity index (χ2n) is 5.00. The summed E-state index contributed by atoms with van der Waals surface area (Å²) in [5.41, 5.74) is 0.203. The standard InChI is InChI=1S/C14H20ClN3O3/c1-17(2)7-4-8-18(3)14(21)16-12-6-5-10(15)9-11(12)13(19)20/h5-6,9H,4,7-8H2,1-3H3,(H,16,21)(H,19,20). The maximum absolute atomic E-state index is 12.0. The number of carbonyl (C=O) groups is 2. The Balaban J connectivity index is 2.68. The average Bonchev–Trinajstić information content (AvgIpc) is 2.39. The van der Waals surface area contributed by atoms with Crippen molar-refractivity contribution in [2.45, 2.75) is 6.42 Å². The number of carboxylic acids is 1.